The summed E-state index contributed by atoms with van der Waals surface area (Å²) in [5.74, 6) is -1.10. The Labute approximate surface area is 289 Å². The van der Waals surface area contributed by atoms with Gasteiger partial charge in [0, 0.05) is 42.6 Å². The molecule has 4 aromatic rings. The quantitative estimate of drug-likeness (QED) is 0.197. The molecule has 0 saturated carbocycles. The van der Waals surface area contributed by atoms with Crippen molar-refractivity contribution in [3.8, 4) is 5.75 Å². The maximum Gasteiger partial charge on any atom is 0.261 e. The van der Waals surface area contributed by atoms with Crippen molar-refractivity contribution in [1.82, 2.24) is 14.5 Å². The molecule has 1 fully saturated rings. The zero-order chi connectivity index (χ0) is 34.1. The van der Waals surface area contributed by atoms with Crippen LogP contribution in [0.25, 0.3) is 0 Å². The third-order valence-corrected chi connectivity index (χ3v) is 10.3. The monoisotopic (exact) mass is 713 g/mol. The number of nitrogens with one attached hydrogen (secondary N) is 1. The maximum absolute atomic E-state index is 13.9. The average molecular weight is 715 g/mol. The topological polar surface area (TPSA) is 105 Å². The van der Waals surface area contributed by atoms with Crippen molar-refractivity contribution in [3.63, 3.8) is 0 Å². The molecule has 1 N–H and O–H groups in total. The highest BCUT2D eigenvalue weighted by Gasteiger charge is 2.31. The van der Waals surface area contributed by atoms with E-state index in [-0.39, 0.29) is 43.2 Å². The van der Waals surface area contributed by atoms with Gasteiger partial charge < -0.3 is 19.7 Å². The Bertz CT molecular complexity index is 1810. The molecule has 4 aromatic carbocycles. The molecule has 0 spiro atoms. The van der Waals surface area contributed by atoms with Crippen LogP contribution in [0.15, 0.2) is 102 Å². The van der Waals surface area contributed by atoms with Crippen molar-refractivity contribution in [2.75, 3.05) is 32.9 Å². The summed E-state index contributed by atoms with van der Waals surface area (Å²) < 4.78 is 52.2. The van der Waals surface area contributed by atoms with Crippen LogP contribution in [0, 0.1) is 5.82 Å². The van der Waals surface area contributed by atoms with E-state index >= 15 is 0 Å². The van der Waals surface area contributed by atoms with E-state index in [1.165, 1.54) is 45.6 Å². The summed E-state index contributed by atoms with van der Waals surface area (Å²) in [6, 6.07) is 24.7. The number of ether oxygens (including phenoxy) is 2. The third kappa shape index (κ3) is 9.33. The fourth-order valence-corrected chi connectivity index (χ4v) is 7.06. The second-order valence-electron chi connectivity index (χ2n) is 11.1. The van der Waals surface area contributed by atoms with Crippen molar-refractivity contribution < 1.29 is 31.9 Å². The highest BCUT2D eigenvalue weighted by atomic mass is 35.5. The minimum absolute atomic E-state index is 0.00811. The molecular formula is C35H34Cl2FN3O6S. The molecule has 5 rings (SSSR count). The van der Waals surface area contributed by atoms with E-state index in [9.17, 15) is 22.4 Å². The van der Waals surface area contributed by atoms with E-state index in [0.29, 0.717) is 34.4 Å². The fourth-order valence-electron chi connectivity index (χ4n) is 5.18. The molecule has 0 bridgehead atoms. The zero-order valence-electron chi connectivity index (χ0n) is 25.9. The van der Waals surface area contributed by atoms with Crippen LogP contribution < -0.4 is 10.1 Å². The number of hydrogen-bond acceptors (Lipinski definition) is 6. The number of carbonyl (C=O) groups excluding carboxylic acids is 2. The van der Waals surface area contributed by atoms with Gasteiger partial charge >= 0.3 is 0 Å². The Kier molecular flexibility index (Phi) is 12.1. The maximum atomic E-state index is 13.9. The summed E-state index contributed by atoms with van der Waals surface area (Å²) in [6.07, 6.45) is 0.183. The number of nitrogens with zero attached hydrogens (tertiary/aromatic N) is 2. The van der Waals surface area contributed by atoms with Crippen LogP contribution in [0.4, 0.5) is 4.39 Å². The van der Waals surface area contributed by atoms with Gasteiger partial charge in [-0.3, -0.25) is 9.59 Å². The Morgan fingerprint density at radius 1 is 0.917 bits per heavy atom. The number of hydrogen-bond donors (Lipinski definition) is 1. The van der Waals surface area contributed by atoms with Gasteiger partial charge in [0.05, 0.1) is 18.1 Å². The molecule has 0 unspecified atom stereocenters. The lowest BCUT2D eigenvalue weighted by Gasteiger charge is -2.31. The van der Waals surface area contributed by atoms with Gasteiger partial charge in [0.2, 0.25) is 15.9 Å². The van der Waals surface area contributed by atoms with Crippen LogP contribution in [-0.2, 0) is 43.9 Å². The molecule has 2 amide bonds. The minimum atomic E-state index is -3.71. The lowest BCUT2D eigenvalue weighted by molar-refractivity contribution is -0.142. The van der Waals surface area contributed by atoms with E-state index in [1.807, 2.05) is 30.3 Å². The molecule has 1 saturated heterocycles. The van der Waals surface area contributed by atoms with E-state index in [2.05, 4.69) is 5.32 Å². The molecular weight excluding hydrogens is 680 g/mol. The van der Waals surface area contributed by atoms with E-state index in [1.54, 1.807) is 30.3 Å². The van der Waals surface area contributed by atoms with Crippen molar-refractivity contribution in [1.29, 1.82) is 0 Å². The van der Waals surface area contributed by atoms with Gasteiger partial charge in [0.25, 0.3) is 5.91 Å². The van der Waals surface area contributed by atoms with Crippen molar-refractivity contribution in [3.05, 3.63) is 130 Å². The molecule has 1 heterocycles. The second-order valence-corrected chi connectivity index (χ2v) is 13.9. The van der Waals surface area contributed by atoms with E-state index in [4.69, 9.17) is 32.7 Å². The predicted octanol–water partition coefficient (Wildman–Crippen LogP) is 5.49. The third-order valence-electron chi connectivity index (χ3n) is 7.80. The summed E-state index contributed by atoms with van der Waals surface area (Å²) in [6.45, 7) is 0.830. The number of benzene rings is 4. The Balaban J connectivity index is 1.37. The summed E-state index contributed by atoms with van der Waals surface area (Å²) in [5.41, 5.74) is 2.07. The van der Waals surface area contributed by atoms with Crippen LogP contribution in [0.3, 0.4) is 0 Å². The van der Waals surface area contributed by atoms with Gasteiger partial charge in [-0.1, -0.05) is 71.7 Å². The molecule has 1 aliphatic heterocycles. The number of amides is 2. The van der Waals surface area contributed by atoms with Gasteiger partial charge in [-0.2, -0.15) is 4.31 Å². The summed E-state index contributed by atoms with van der Waals surface area (Å²) >= 11 is 12.4. The number of morpholine rings is 1. The minimum Gasteiger partial charge on any atom is -0.484 e. The fraction of sp³-hybridized carbons (Fsp3) is 0.257. The SMILES string of the molecule is O=C(NCc1ccc(Cl)cc1Cl)[C@@H](Cc1ccccc1)N(Cc1ccc(F)cc1)C(=O)COc1ccc(S(=O)(=O)N2CCOCC2)cc1. The molecule has 0 aliphatic carbocycles. The number of sulfonamides is 1. The number of carbonyl (C=O) groups is 2. The van der Waals surface area contributed by atoms with Gasteiger partial charge in [-0.25, -0.2) is 12.8 Å². The number of halogens is 3. The van der Waals surface area contributed by atoms with E-state index < -0.39 is 40.3 Å². The van der Waals surface area contributed by atoms with Crippen molar-refractivity contribution in [2.24, 2.45) is 0 Å². The van der Waals surface area contributed by atoms with Gasteiger partial charge in [0.15, 0.2) is 6.61 Å². The first kappa shape index (κ1) is 35.3. The molecule has 1 aliphatic rings. The largest absolute Gasteiger partial charge is 0.484 e. The molecule has 0 aromatic heterocycles. The van der Waals surface area contributed by atoms with E-state index in [0.717, 1.165) is 5.56 Å². The first-order valence-electron chi connectivity index (χ1n) is 15.2. The average Bonchev–Trinajstić information content (AvgIpc) is 3.10. The Morgan fingerprint density at radius 3 is 2.27 bits per heavy atom. The normalized spacial score (nSPS) is 14.2. The van der Waals surface area contributed by atoms with Crippen molar-refractivity contribution >= 4 is 45.0 Å². The molecule has 252 valence electrons. The highest BCUT2D eigenvalue weighted by Crippen LogP contribution is 2.23. The lowest BCUT2D eigenvalue weighted by atomic mass is 10.0. The standard InChI is InChI=1S/C35H34Cl2FN3O6S/c36-28-9-8-27(32(37)21-28)22-39-35(43)33(20-25-4-2-1-3-5-25)41(23-26-6-10-29(38)11-7-26)34(42)24-47-30-12-14-31(15-13-30)48(44,45)40-16-18-46-19-17-40/h1-15,21,33H,16-20,22-24H2,(H,39,43)/t33-/m1/s1. The van der Waals surface area contributed by atoms with Crippen LogP contribution in [0.5, 0.6) is 5.75 Å². The van der Waals surface area contributed by atoms with Crippen molar-refractivity contribution in [2.45, 2.75) is 30.4 Å². The zero-order valence-corrected chi connectivity index (χ0v) is 28.2. The summed E-state index contributed by atoms with van der Waals surface area (Å²) in [4.78, 5) is 29.3. The predicted molar refractivity (Wildman–Crippen MR) is 181 cm³/mol. The number of rotatable bonds is 13. The molecule has 48 heavy (non-hydrogen) atoms. The van der Waals surface area contributed by atoms with Gasteiger partial charge in [0.1, 0.15) is 17.6 Å². The van der Waals surface area contributed by atoms with Gasteiger partial charge in [-0.05, 0) is 65.2 Å². The van der Waals surface area contributed by atoms with Crippen LogP contribution in [0.1, 0.15) is 16.7 Å². The van der Waals surface area contributed by atoms with Crippen LogP contribution in [-0.4, -0.2) is 68.4 Å². The Morgan fingerprint density at radius 2 is 1.60 bits per heavy atom. The first-order valence-corrected chi connectivity index (χ1v) is 17.4. The summed E-state index contributed by atoms with van der Waals surface area (Å²) in [7, 11) is -3.71. The molecule has 1 atom stereocenters. The summed E-state index contributed by atoms with van der Waals surface area (Å²) in [5, 5.41) is 3.75. The Hall–Kier alpha value is -4.00. The van der Waals surface area contributed by atoms with Crippen LogP contribution >= 0.6 is 23.2 Å². The lowest BCUT2D eigenvalue weighted by Crippen LogP contribution is -2.51. The van der Waals surface area contributed by atoms with Crippen LogP contribution in [0.2, 0.25) is 10.0 Å². The van der Waals surface area contributed by atoms with Gasteiger partial charge in [-0.15, -0.1) is 0 Å². The molecule has 13 heteroatoms. The molecule has 0 radical (unpaired) electrons. The highest BCUT2D eigenvalue weighted by molar-refractivity contribution is 7.89. The second kappa shape index (κ2) is 16.4. The first-order chi connectivity index (χ1) is 23.1. The smallest absolute Gasteiger partial charge is 0.261 e. The molecule has 9 nitrogen and oxygen atoms in total.